The molecule has 1 heterocycles. The topological polar surface area (TPSA) is 32.3 Å². The first-order valence-electron chi connectivity index (χ1n) is 5.94. The summed E-state index contributed by atoms with van der Waals surface area (Å²) in [7, 11) is 0. The van der Waals surface area contributed by atoms with E-state index in [2.05, 4.69) is 37.9 Å². The lowest BCUT2D eigenvalue weighted by Crippen LogP contribution is -2.59. The van der Waals surface area contributed by atoms with Crippen molar-refractivity contribution in [3.05, 3.63) is 0 Å². The average molecular weight is 212 g/mol. The number of amides is 1. The highest BCUT2D eigenvalue weighted by Gasteiger charge is 2.29. The summed E-state index contributed by atoms with van der Waals surface area (Å²) in [6.07, 6.45) is 1.70. The van der Waals surface area contributed by atoms with Crippen molar-refractivity contribution in [1.82, 2.24) is 10.2 Å². The van der Waals surface area contributed by atoms with Gasteiger partial charge in [0.1, 0.15) is 0 Å². The fourth-order valence-corrected chi connectivity index (χ4v) is 1.80. The highest BCUT2D eigenvalue weighted by Crippen LogP contribution is 2.21. The second-order valence-corrected chi connectivity index (χ2v) is 5.64. The van der Waals surface area contributed by atoms with E-state index in [1.165, 1.54) is 0 Å². The Labute approximate surface area is 93.2 Å². The van der Waals surface area contributed by atoms with Crippen molar-refractivity contribution in [2.75, 3.05) is 19.6 Å². The fourth-order valence-electron chi connectivity index (χ4n) is 1.80. The highest BCUT2D eigenvalue weighted by atomic mass is 16.2. The Morgan fingerprint density at radius 1 is 1.40 bits per heavy atom. The van der Waals surface area contributed by atoms with Crippen molar-refractivity contribution >= 4 is 5.91 Å². The maximum Gasteiger partial charge on any atom is 0.223 e. The first kappa shape index (κ1) is 12.5. The molecule has 0 aliphatic carbocycles. The molecule has 0 saturated carbocycles. The first-order chi connectivity index (χ1) is 6.94. The quantitative estimate of drug-likeness (QED) is 0.768. The van der Waals surface area contributed by atoms with Gasteiger partial charge in [-0.05, 0) is 11.8 Å². The zero-order chi connectivity index (χ0) is 11.5. The summed E-state index contributed by atoms with van der Waals surface area (Å²) < 4.78 is 0. The third-order valence-corrected chi connectivity index (χ3v) is 2.67. The van der Waals surface area contributed by atoms with E-state index in [0.717, 1.165) is 26.1 Å². The van der Waals surface area contributed by atoms with Crippen LogP contribution in [0.25, 0.3) is 0 Å². The van der Waals surface area contributed by atoms with Gasteiger partial charge in [-0.1, -0.05) is 27.7 Å². The molecule has 0 spiro atoms. The molecule has 0 aromatic heterocycles. The van der Waals surface area contributed by atoms with E-state index in [0.29, 0.717) is 18.4 Å². The van der Waals surface area contributed by atoms with E-state index in [1.54, 1.807) is 0 Å². The molecule has 0 radical (unpaired) electrons. The van der Waals surface area contributed by atoms with Crippen LogP contribution in [-0.4, -0.2) is 36.5 Å². The van der Waals surface area contributed by atoms with Crippen LogP contribution in [0.15, 0.2) is 0 Å². The van der Waals surface area contributed by atoms with E-state index in [1.807, 2.05) is 0 Å². The summed E-state index contributed by atoms with van der Waals surface area (Å²) in [5, 5.41) is 3.22. The summed E-state index contributed by atoms with van der Waals surface area (Å²) in [4.78, 5) is 14.1. The maximum atomic E-state index is 12.1. The lowest BCUT2D eigenvalue weighted by molar-refractivity contribution is -0.136. The largest absolute Gasteiger partial charge is 0.337 e. The fraction of sp³-hybridized carbons (Fsp3) is 0.917. The minimum atomic E-state index is 0.0975. The number of carbonyl (C=O) groups excluding carboxylic acids is 1. The number of hydrogen-bond donors (Lipinski definition) is 1. The van der Waals surface area contributed by atoms with E-state index >= 15 is 0 Å². The lowest BCUT2D eigenvalue weighted by Gasteiger charge is -2.39. The van der Waals surface area contributed by atoms with Crippen molar-refractivity contribution in [3.63, 3.8) is 0 Å². The van der Waals surface area contributed by atoms with Crippen LogP contribution in [0.1, 0.15) is 40.5 Å². The Balaban J connectivity index is 2.50. The molecule has 3 heteroatoms. The minimum absolute atomic E-state index is 0.0975. The third-order valence-electron chi connectivity index (χ3n) is 2.67. The van der Waals surface area contributed by atoms with Gasteiger partial charge in [0.15, 0.2) is 0 Å². The van der Waals surface area contributed by atoms with Gasteiger partial charge in [-0.25, -0.2) is 0 Å². The van der Waals surface area contributed by atoms with Gasteiger partial charge in [-0.2, -0.15) is 0 Å². The van der Waals surface area contributed by atoms with Gasteiger partial charge in [0, 0.05) is 26.1 Å². The van der Waals surface area contributed by atoms with Crippen molar-refractivity contribution < 1.29 is 4.79 Å². The molecule has 1 aliphatic rings. The number of rotatable bonds is 4. The molecule has 1 N–H and O–H groups in total. The number of nitrogens with zero attached hydrogens (tertiary/aromatic N) is 1. The van der Waals surface area contributed by atoms with Crippen LogP contribution >= 0.6 is 0 Å². The van der Waals surface area contributed by atoms with E-state index in [-0.39, 0.29) is 5.41 Å². The first-order valence-corrected chi connectivity index (χ1v) is 5.94. The highest BCUT2D eigenvalue weighted by molar-refractivity contribution is 5.77. The van der Waals surface area contributed by atoms with Gasteiger partial charge in [-0.15, -0.1) is 0 Å². The monoisotopic (exact) mass is 212 g/mol. The van der Waals surface area contributed by atoms with Gasteiger partial charge in [-0.3, -0.25) is 4.79 Å². The van der Waals surface area contributed by atoms with Crippen LogP contribution in [0.2, 0.25) is 0 Å². The molecule has 1 amide bonds. The molecule has 0 atom stereocenters. The minimum Gasteiger partial charge on any atom is -0.337 e. The Kier molecular flexibility index (Phi) is 4.14. The summed E-state index contributed by atoms with van der Waals surface area (Å²) >= 11 is 0. The van der Waals surface area contributed by atoms with E-state index < -0.39 is 0 Å². The Morgan fingerprint density at radius 3 is 2.33 bits per heavy atom. The smallest absolute Gasteiger partial charge is 0.223 e. The molecule has 1 fully saturated rings. The number of nitrogens with one attached hydrogen (secondary N) is 1. The maximum absolute atomic E-state index is 12.1. The second-order valence-electron chi connectivity index (χ2n) is 5.64. The second kappa shape index (κ2) is 4.97. The summed E-state index contributed by atoms with van der Waals surface area (Å²) in [5.74, 6) is 0.316. The zero-order valence-corrected chi connectivity index (χ0v) is 10.5. The summed E-state index contributed by atoms with van der Waals surface area (Å²) in [5.41, 5.74) is 0.0975. The van der Waals surface area contributed by atoms with Gasteiger partial charge < -0.3 is 10.2 Å². The van der Waals surface area contributed by atoms with Gasteiger partial charge in [0.2, 0.25) is 5.91 Å². The number of carbonyl (C=O) groups is 1. The summed E-state index contributed by atoms with van der Waals surface area (Å²) in [6, 6.07) is 0.444. The molecule has 1 aliphatic heterocycles. The molecular weight excluding hydrogens is 188 g/mol. The van der Waals surface area contributed by atoms with Gasteiger partial charge in [0.05, 0.1) is 6.04 Å². The summed E-state index contributed by atoms with van der Waals surface area (Å²) in [6.45, 7) is 11.3. The Morgan fingerprint density at radius 2 is 2.00 bits per heavy atom. The predicted octanol–water partition coefficient (Wildman–Crippen LogP) is 1.63. The molecule has 0 bridgehead atoms. The molecule has 1 rings (SSSR count). The van der Waals surface area contributed by atoms with Crippen LogP contribution in [0.3, 0.4) is 0 Å². The van der Waals surface area contributed by atoms with E-state index in [4.69, 9.17) is 0 Å². The average Bonchev–Trinajstić information content (AvgIpc) is 1.96. The molecule has 3 nitrogen and oxygen atoms in total. The molecular formula is C12H24N2O. The van der Waals surface area contributed by atoms with E-state index in [9.17, 15) is 4.79 Å². The molecule has 1 saturated heterocycles. The molecule has 0 unspecified atom stereocenters. The zero-order valence-electron chi connectivity index (χ0n) is 10.5. The van der Waals surface area contributed by atoms with Crippen molar-refractivity contribution in [1.29, 1.82) is 0 Å². The van der Waals surface area contributed by atoms with Crippen molar-refractivity contribution in [3.8, 4) is 0 Å². The molecule has 88 valence electrons. The predicted molar refractivity (Wildman–Crippen MR) is 62.7 cm³/mol. The van der Waals surface area contributed by atoms with Crippen LogP contribution in [0.4, 0.5) is 0 Å². The normalized spacial score (nSPS) is 17.3. The van der Waals surface area contributed by atoms with Crippen LogP contribution in [0, 0.1) is 5.41 Å². The standard InChI is InChI=1S/C12H24N2O/c1-5-6-14(10-8-13-9-10)11(15)7-12(2,3)4/h10,13H,5-9H2,1-4H3. The van der Waals surface area contributed by atoms with Crippen LogP contribution in [0.5, 0.6) is 0 Å². The van der Waals surface area contributed by atoms with Crippen LogP contribution in [-0.2, 0) is 4.79 Å². The van der Waals surface area contributed by atoms with Crippen molar-refractivity contribution in [2.24, 2.45) is 5.41 Å². The number of hydrogen-bond acceptors (Lipinski definition) is 2. The molecule has 15 heavy (non-hydrogen) atoms. The van der Waals surface area contributed by atoms with Gasteiger partial charge in [0.25, 0.3) is 0 Å². The SMILES string of the molecule is CCCN(C(=O)CC(C)(C)C)C1CNC1. The Bertz CT molecular complexity index is 216. The Hall–Kier alpha value is -0.570. The third kappa shape index (κ3) is 3.82. The van der Waals surface area contributed by atoms with Gasteiger partial charge >= 0.3 is 0 Å². The molecule has 0 aromatic carbocycles. The van der Waals surface area contributed by atoms with Crippen LogP contribution < -0.4 is 5.32 Å². The van der Waals surface area contributed by atoms with Crippen molar-refractivity contribution in [2.45, 2.75) is 46.6 Å². The molecule has 0 aromatic rings. The lowest BCUT2D eigenvalue weighted by atomic mass is 9.91.